The van der Waals surface area contributed by atoms with E-state index in [2.05, 4.69) is 15.0 Å². The van der Waals surface area contributed by atoms with Gasteiger partial charge in [0, 0.05) is 17.1 Å². The van der Waals surface area contributed by atoms with Crippen molar-refractivity contribution in [2.75, 3.05) is 0 Å². The summed E-state index contributed by atoms with van der Waals surface area (Å²) < 4.78 is 1.61. The van der Waals surface area contributed by atoms with Crippen molar-refractivity contribution in [2.45, 2.75) is 6.54 Å². The number of imidazole rings is 1. The predicted octanol–water partition coefficient (Wildman–Crippen LogP) is 1.96. The van der Waals surface area contributed by atoms with Crippen LogP contribution in [-0.4, -0.2) is 24.6 Å². The molecule has 0 fully saturated rings. The normalized spacial score (nSPS) is 11.4. The maximum Gasteiger partial charge on any atom is 0.326 e. The highest BCUT2D eigenvalue weighted by atomic mass is 16.3. The Bertz CT molecular complexity index is 1010. The number of aromatic hydroxyl groups is 1. The van der Waals surface area contributed by atoms with E-state index in [9.17, 15) is 9.90 Å². The van der Waals surface area contributed by atoms with Crippen LogP contribution in [-0.2, 0) is 6.54 Å². The quantitative estimate of drug-likeness (QED) is 0.524. The Morgan fingerprint density at radius 1 is 1.24 bits per heavy atom. The maximum atomic E-state index is 12.2. The Morgan fingerprint density at radius 2 is 2.10 bits per heavy atom. The van der Waals surface area contributed by atoms with Gasteiger partial charge in [0.25, 0.3) is 0 Å². The largest absolute Gasteiger partial charge is 0.508 e. The van der Waals surface area contributed by atoms with Gasteiger partial charge in [0.15, 0.2) is 0 Å². The molecule has 1 aromatic carbocycles. The predicted molar refractivity (Wildman–Crippen MR) is 79.4 cm³/mol. The van der Waals surface area contributed by atoms with Crippen molar-refractivity contribution in [3.8, 4) is 5.75 Å². The van der Waals surface area contributed by atoms with E-state index in [1.807, 2.05) is 12.1 Å². The number of benzene rings is 1. The third kappa shape index (κ3) is 1.73. The maximum absolute atomic E-state index is 12.2. The van der Waals surface area contributed by atoms with Crippen LogP contribution < -0.4 is 5.69 Å². The highest BCUT2D eigenvalue weighted by molar-refractivity contribution is 6.00. The zero-order valence-electron chi connectivity index (χ0n) is 11.0. The smallest absolute Gasteiger partial charge is 0.326 e. The first-order valence-electron chi connectivity index (χ1n) is 6.55. The van der Waals surface area contributed by atoms with Gasteiger partial charge in [-0.2, -0.15) is 0 Å². The van der Waals surface area contributed by atoms with Crippen molar-refractivity contribution in [3.05, 3.63) is 58.8 Å². The van der Waals surface area contributed by atoms with E-state index in [4.69, 9.17) is 0 Å². The summed E-state index contributed by atoms with van der Waals surface area (Å²) in [5.74, 6) is 0.179. The first kappa shape index (κ1) is 11.8. The minimum Gasteiger partial charge on any atom is -0.508 e. The number of para-hydroxylation sites is 1. The minimum atomic E-state index is -0.219. The van der Waals surface area contributed by atoms with Gasteiger partial charge in [-0.3, -0.25) is 4.57 Å². The molecule has 0 aliphatic rings. The lowest BCUT2D eigenvalue weighted by Crippen LogP contribution is -2.17. The van der Waals surface area contributed by atoms with Gasteiger partial charge in [-0.25, -0.2) is 9.78 Å². The summed E-state index contributed by atoms with van der Waals surface area (Å²) in [4.78, 5) is 22.3. The summed E-state index contributed by atoms with van der Waals surface area (Å²) in [5.41, 5.74) is 2.68. The summed E-state index contributed by atoms with van der Waals surface area (Å²) in [6, 6.07) is 8.89. The zero-order chi connectivity index (χ0) is 14.4. The Labute approximate surface area is 118 Å². The molecule has 0 saturated carbocycles. The summed E-state index contributed by atoms with van der Waals surface area (Å²) in [6.07, 6.45) is 3.43. The molecule has 0 amide bonds. The molecule has 4 rings (SSSR count). The molecule has 0 atom stereocenters. The van der Waals surface area contributed by atoms with E-state index in [0.29, 0.717) is 17.6 Å². The van der Waals surface area contributed by atoms with Crippen molar-refractivity contribution < 1.29 is 5.11 Å². The second-order valence-corrected chi connectivity index (χ2v) is 4.91. The summed E-state index contributed by atoms with van der Waals surface area (Å²) >= 11 is 0. The van der Waals surface area contributed by atoms with Crippen LogP contribution in [0.4, 0.5) is 0 Å². The molecule has 0 aliphatic heterocycles. The van der Waals surface area contributed by atoms with Crippen LogP contribution in [0.25, 0.3) is 22.1 Å². The third-order valence-corrected chi connectivity index (χ3v) is 3.63. The van der Waals surface area contributed by atoms with Crippen LogP contribution in [0.3, 0.4) is 0 Å². The van der Waals surface area contributed by atoms with Gasteiger partial charge in [-0.05, 0) is 12.1 Å². The molecule has 6 nitrogen and oxygen atoms in total. The Balaban J connectivity index is 2.00. The van der Waals surface area contributed by atoms with Gasteiger partial charge >= 0.3 is 5.69 Å². The summed E-state index contributed by atoms with van der Waals surface area (Å²) in [6.45, 7) is 0.301. The monoisotopic (exact) mass is 280 g/mol. The number of fused-ring (bicyclic) bond motifs is 3. The van der Waals surface area contributed by atoms with Crippen LogP contribution in [0.1, 0.15) is 5.56 Å². The number of phenols is 1. The number of nitrogens with one attached hydrogen (secondary N) is 2. The average Bonchev–Trinajstić information content (AvgIpc) is 3.06. The van der Waals surface area contributed by atoms with Gasteiger partial charge in [0.05, 0.1) is 23.8 Å². The fourth-order valence-corrected chi connectivity index (χ4v) is 2.63. The number of hydrogen-bond acceptors (Lipinski definition) is 3. The molecule has 104 valence electrons. The molecule has 0 bridgehead atoms. The third-order valence-electron chi connectivity index (χ3n) is 3.63. The molecule has 4 aromatic rings. The fourth-order valence-electron chi connectivity index (χ4n) is 2.63. The van der Waals surface area contributed by atoms with Gasteiger partial charge in [0.2, 0.25) is 0 Å². The lowest BCUT2D eigenvalue weighted by atomic mass is 10.2. The lowest BCUT2D eigenvalue weighted by molar-refractivity contribution is 0.466. The Morgan fingerprint density at radius 3 is 2.95 bits per heavy atom. The first-order chi connectivity index (χ1) is 10.2. The lowest BCUT2D eigenvalue weighted by Gasteiger charge is -2.06. The molecule has 6 heteroatoms. The summed E-state index contributed by atoms with van der Waals surface area (Å²) in [7, 11) is 0. The molecule has 21 heavy (non-hydrogen) atoms. The van der Waals surface area contributed by atoms with Gasteiger partial charge in [-0.1, -0.05) is 18.2 Å². The number of phenolic OH excluding ortho intramolecular Hbond substituents is 1. The molecule has 3 aromatic heterocycles. The van der Waals surface area contributed by atoms with Gasteiger partial charge in [0.1, 0.15) is 11.4 Å². The first-order valence-corrected chi connectivity index (χ1v) is 6.55. The second-order valence-electron chi connectivity index (χ2n) is 4.91. The zero-order valence-corrected chi connectivity index (χ0v) is 11.0. The average molecular weight is 280 g/mol. The fraction of sp³-hybridized carbons (Fsp3) is 0.0667. The van der Waals surface area contributed by atoms with Crippen molar-refractivity contribution in [3.63, 3.8) is 0 Å². The van der Waals surface area contributed by atoms with Crippen LogP contribution in [0.2, 0.25) is 0 Å². The number of rotatable bonds is 2. The van der Waals surface area contributed by atoms with Crippen molar-refractivity contribution in [1.82, 2.24) is 19.5 Å². The topological polar surface area (TPSA) is 86.7 Å². The SMILES string of the molecule is O=c1[nH]c2cnc3[nH]ccc3c2n1Cc1ccccc1O. The molecule has 0 aliphatic carbocycles. The van der Waals surface area contributed by atoms with Gasteiger partial charge in [-0.15, -0.1) is 0 Å². The number of aromatic amines is 2. The number of nitrogens with zero attached hydrogens (tertiary/aromatic N) is 2. The van der Waals surface area contributed by atoms with Crippen LogP contribution in [0, 0.1) is 0 Å². The van der Waals surface area contributed by atoms with Crippen molar-refractivity contribution in [1.29, 1.82) is 0 Å². The molecule has 3 N–H and O–H groups in total. The molecular formula is C15H12N4O2. The highest BCUT2D eigenvalue weighted by Gasteiger charge is 2.13. The standard InChI is InChI=1S/C15H12N4O2/c20-12-4-2-1-3-9(12)8-19-13-10-5-6-16-14(10)17-7-11(13)18-15(19)21/h1-7,20H,8H2,(H,16,17)(H,18,21). The molecular weight excluding hydrogens is 268 g/mol. The number of pyridine rings is 1. The summed E-state index contributed by atoms with van der Waals surface area (Å²) in [5, 5.41) is 10.8. The number of aromatic nitrogens is 4. The highest BCUT2D eigenvalue weighted by Crippen LogP contribution is 2.23. The molecule has 3 heterocycles. The van der Waals surface area contributed by atoms with E-state index in [1.165, 1.54) is 0 Å². The number of hydrogen-bond donors (Lipinski definition) is 3. The van der Waals surface area contributed by atoms with Crippen LogP contribution in [0.5, 0.6) is 5.75 Å². The molecule has 0 radical (unpaired) electrons. The van der Waals surface area contributed by atoms with E-state index in [-0.39, 0.29) is 11.4 Å². The van der Waals surface area contributed by atoms with E-state index in [1.54, 1.807) is 35.2 Å². The second kappa shape index (κ2) is 4.24. The minimum absolute atomic E-state index is 0.179. The molecule has 0 saturated heterocycles. The van der Waals surface area contributed by atoms with E-state index < -0.39 is 0 Å². The van der Waals surface area contributed by atoms with Crippen LogP contribution >= 0.6 is 0 Å². The molecule has 0 unspecified atom stereocenters. The van der Waals surface area contributed by atoms with Crippen LogP contribution in [0.15, 0.2) is 47.5 Å². The Hall–Kier alpha value is -3.02. The number of H-pyrrole nitrogens is 2. The van der Waals surface area contributed by atoms with E-state index in [0.717, 1.165) is 16.6 Å². The van der Waals surface area contributed by atoms with Crippen molar-refractivity contribution in [2.24, 2.45) is 0 Å². The Kier molecular flexibility index (Phi) is 2.38. The van der Waals surface area contributed by atoms with Crippen molar-refractivity contribution >= 4 is 22.1 Å². The van der Waals surface area contributed by atoms with Gasteiger partial charge < -0.3 is 15.1 Å². The van der Waals surface area contributed by atoms with E-state index >= 15 is 0 Å². The molecule has 0 spiro atoms.